The van der Waals surface area contributed by atoms with Crippen LogP contribution in [0.15, 0.2) is 34.6 Å². The summed E-state index contributed by atoms with van der Waals surface area (Å²) in [6.45, 7) is 2.41. The zero-order valence-corrected chi connectivity index (χ0v) is 15.1. The third-order valence-corrected chi connectivity index (χ3v) is 5.01. The molecule has 0 unspecified atom stereocenters. The molecule has 0 aliphatic heterocycles. The molecule has 2 heterocycles. The summed E-state index contributed by atoms with van der Waals surface area (Å²) in [6.07, 6.45) is 2.33. The second-order valence-corrected chi connectivity index (χ2v) is 6.63. The number of amides is 1. The van der Waals surface area contributed by atoms with Gasteiger partial charge in [0.25, 0.3) is 5.91 Å². The number of aromatic nitrogens is 2. The Balaban J connectivity index is 1.88. The minimum atomic E-state index is -0.329. The smallest absolute Gasteiger partial charge is 0.259 e. The van der Waals surface area contributed by atoms with Crippen molar-refractivity contribution in [3.05, 3.63) is 56.3 Å². The number of nitrogens with one attached hydrogen (secondary N) is 1. The van der Waals surface area contributed by atoms with Crippen LogP contribution in [0.4, 0.5) is 0 Å². The number of aromatic amines is 1. The number of nitrogens with zero attached hydrogens (tertiary/aromatic N) is 2. The predicted molar refractivity (Wildman–Crippen MR) is 98.4 cm³/mol. The number of aryl methyl sites for hydroxylation is 1. The first-order chi connectivity index (χ1) is 12.0. The second kappa shape index (κ2) is 7.06. The van der Waals surface area contributed by atoms with Gasteiger partial charge >= 0.3 is 0 Å². The minimum Gasteiger partial charge on any atom is -0.497 e. The number of carbonyl (C=O) groups excluding carboxylic acids is 1. The summed E-state index contributed by atoms with van der Waals surface area (Å²) in [5, 5.41) is 3.44. The number of hydrogen-bond acceptors (Lipinski definition) is 5. The van der Waals surface area contributed by atoms with Gasteiger partial charge in [0, 0.05) is 30.1 Å². The van der Waals surface area contributed by atoms with Crippen molar-refractivity contribution in [2.45, 2.75) is 19.9 Å². The molecular weight excluding hydrogens is 338 g/mol. The lowest BCUT2D eigenvalue weighted by molar-refractivity contribution is 0.0782. The van der Waals surface area contributed by atoms with Gasteiger partial charge in [-0.2, -0.15) is 0 Å². The fraction of sp³-hybridized carbons (Fsp3) is 0.278. The van der Waals surface area contributed by atoms with Crippen molar-refractivity contribution in [2.75, 3.05) is 14.2 Å². The van der Waals surface area contributed by atoms with E-state index >= 15 is 0 Å². The number of methoxy groups -OCH3 is 1. The average molecular weight is 357 g/mol. The Labute approximate surface area is 149 Å². The zero-order valence-electron chi connectivity index (χ0n) is 14.3. The summed E-state index contributed by atoms with van der Waals surface area (Å²) in [4.78, 5) is 34.3. The molecule has 1 aromatic carbocycles. The molecule has 2 aromatic heterocycles. The normalized spacial score (nSPS) is 10.8. The third kappa shape index (κ3) is 3.41. The van der Waals surface area contributed by atoms with E-state index in [9.17, 15) is 9.59 Å². The highest BCUT2D eigenvalue weighted by molar-refractivity contribution is 7.09. The lowest BCUT2D eigenvalue weighted by Crippen LogP contribution is -2.30. The van der Waals surface area contributed by atoms with Crippen LogP contribution >= 0.6 is 11.3 Å². The largest absolute Gasteiger partial charge is 0.497 e. The average Bonchev–Trinajstić information content (AvgIpc) is 3.08. The number of ether oxygens (including phenoxy) is 1. The summed E-state index contributed by atoms with van der Waals surface area (Å²) in [5.74, 6) is 0.319. The molecule has 0 spiro atoms. The van der Waals surface area contributed by atoms with E-state index in [2.05, 4.69) is 9.97 Å². The molecule has 7 heteroatoms. The maximum Gasteiger partial charge on any atom is 0.259 e. The van der Waals surface area contributed by atoms with E-state index < -0.39 is 0 Å². The van der Waals surface area contributed by atoms with Gasteiger partial charge in [-0.3, -0.25) is 9.59 Å². The number of rotatable bonds is 5. The second-order valence-electron chi connectivity index (χ2n) is 5.69. The summed E-state index contributed by atoms with van der Waals surface area (Å²) in [7, 11) is 3.24. The molecule has 0 aliphatic carbocycles. The van der Waals surface area contributed by atoms with E-state index in [1.165, 1.54) is 11.1 Å². The van der Waals surface area contributed by atoms with Crippen molar-refractivity contribution < 1.29 is 9.53 Å². The van der Waals surface area contributed by atoms with Crippen molar-refractivity contribution in [1.29, 1.82) is 0 Å². The van der Waals surface area contributed by atoms with Crippen LogP contribution in [0.2, 0.25) is 0 Å². The van der Waals surface area contributed by atoms with E-state index in [1.807, 2.05) is 12.3 Å². The van der Waals surface area contributed by atoms with Crippen LogP contribution in [-0.4, -0.2) is 34.9 Å². The van der Waals surface area contributed by atoms with Gasteiger partial charge in [0.05, 0.1) is 29.9 Å². The maximum atomic E-state index is 12.7. The molecule has 0 aliphatic rings. The molecule has 3 rings (SSSR count). The van der Waals surface area contributed by atoms with E-state index in [1.54, 1.807) is 43.7 Å². The molecule has 0 radical (unpaired) electrons. The molecular formula is C18H19N3O3S. The quantitative estimate of drug-likeness (QED) is 0.762. The van der Waals surface area contributed by atoms with Crippen molar-refractivity contribution >= 4 is 28.1 Å². The van der Waals surface area contributed by atoms with Crippen LogP contribution in [0.25, 0.3) is 10.9 Å². The van der Waals surface area contributed by atoms with Crippen molar-refractivity contribution in [3.8, 4) is 5.75 Å². The maximum absolute atomic E-state index is 12.7. The van der Waals surface area contributed by atoms with Crippen molar-refractivity contribution in [3.63, 3.8) is 0 Å². The number of pyridine rings is 1. The van der Waals surface area contributed by atoms with Crippen LogP contribution < -0.4 is 10.2 Å². The molecule has 0 atom stereocenters. The van der Waals surface area contributed by atoms with Gasteiger partial charge in [0.15, 0.2) is 0 Å². The molecule has 3 aromatic rings. The summed E-state index contributed by atoms with van der Waals surface area (Å²) in [6, 6.07) is 5.10. The summed E-state index contributed by atoms with van der Waals surface area (Å²) < 4.78 is 5.15. The molecule has 6 nitrogen and oxygen atoms in total. The van der Waals surface area contributed by atoms with Crippen LogP contribution in [0.1, 0.15) is 28.0 Å². The summed E-state index contributed by atoms with van der Waals surface area (Å²) in [5.41, 5.74) is 1.29. The van der Waals surface area contributed by atoms with Crippen LogP contribution in [-0.2, 0) is 13.0 Å². The first kappa shape index (κ1) is 17.2. The van der Waals surface area contributed by atoms with Gasteiger partial charge in [-0.25, -0.2) is 4.98 Å². The number of H-pyrrole nitrogens is 1. The molecule has 0 saturated carbocycles. The molecule has 0 saturated heterocycles. The Bertz CT molecular complexity index is 977. The highest BCUT2D eigenvalue weighted by atomic mass is 32.1. The Hall–Kier alpha value is -2.67. The highest BCUT2D eigenvalue weighted by Gasteiger charge is 2.18. The first-order valence-electron chi connectivity index (χ1n) is 7.91. The van der Waals surface area contributed by atoms with Gasteiger partial charge in [-0.05, 0) is 18.6 Å². The van der Waals surface area contributed by atoms with Crippen LogP contribution in [0, 0.1) is 0 Å². The standard InChI is InChI=1S/C18H19N3O3S/c1-4-16-20-11(10-25-16)9-21(2)18(23)14-8-19-15-7-12(24-3)5-6-13(15)17(14)22/h5-8,10H,4,9H2,1-3H3,(H,19,22). The van der Waals surface area contributed by atoms with Crippen molar-refractivity contribution in [2.24, 2.45) is 0 Å². The molecule has 0 fully saturated rings. The lowest BCUT2D eigenvalue weighted by Gasteiger charge is -2.15. The number of fused-ring (bicyclic) bond motifs is 1. The molecule has 1 amide bonds. The molecule has 1 N–H and O–H groups in total. The predicted octanol–water partition coefficient (Wildman–Crippen LogP) is 2.83. The van der Waals surface area contributed by atoms with Gasteiger partial charge in [0.2, 0.25) is 5.43 Å². The number of hydrogen-bond donors (Lipinski definition) is 1. The van der Waals surface area contributed by atoms with E-state index in [0.29, 0.717) is 23.2 Å². The fourth-order valence-corrected chi connectivity index (χ4v) is 3.33. The Morgan fingerprint density at radius 3 is 2.88 bits per heavy atom. The van der Waals surface area contributed by atoms with Gasteiger partial charge in [-0.1, -0.05) is 6.92 Å². The molecule has 130 valence electrons. The van der Waals surface area contributed by atoms with Gasteiger partial charge in [0.1, 0.15) is 11.3 Å². The monoisotopic (exact) mass is 357 g/mol. The van der Waals surface area contributed by atoms with E-state index in [0.717, 1.165) is 17.1 Å². The van der Waals surface area contributed by atoms with Gasteiger partial charge in [-0.15, -0.1) is 11.3 Å². The topological polar surface area (TPSA) is 75.3 Å². The van der Waals surface area contributed by atoms with Gasteiger partial charge < -0.3 is 14.6 Å². The number of benzene rings is 1. The Kier molecular flexibility index (Phi) is 4.85. The Morgan fingerprint density at radius 2 is 2.20 bits per heavy atom. The van der Waals surface area contributed by atoms with Crippen LogP contribution in [0.3, 0.4) is 0 Å². The minimum absolute atomic E-state index is 0.117. The highest BCUT2D eigenvalue weighted by Crippen LogP contribution is 2.17. The first-order valence-corrected chi connectivity index (χ1v) is 8.79. The van der Waals surface area contributed by atoms with Crippen LogP contribution in [0.5, 0.6) is 5.75 Å². The summed E-state index contributed by atoms with van der Waals surface area (Å²) >= 11 is 1.58. The van der Waals surface area contributed by atoms with E-state index in [4.69, 9.17) is 4.74 Å². The van der Waals surface area contributed by atoms with E-state index in [-0.39, 0.29) is 16.9 Å². The molecule has 0 bridgehead atoms. The number of thiazole rings is 1. The van der Waals surface area contributed by atoms with Crippen molar-refractivity contribution in [1.82, 2.24) is 14.9 Å². The number of carbonyl (C=O) groups is 1. The molecule has 25 heavy (non-hydrogen) atoms. The zero-order chi connectivity index (χ0) is 18.0. The Morgan fingerprint density at radius 1 is 1.40 bits per heavy atom. The fourth-order valence-electron chi connectivity index (χ4n) is 2.59. The third-order valence-electron chi connectivity index (χ3n) is 3.97. The SMILES string of the molecule is CCc1nc(CN(C)C(=O)c2c[nH]c3cc(OC)ccc3c2=O)cs1. The lowest BCUT2D eigenvalue weighted by atomic mass is 10.1.